The van der Waals surface area contributed by atoms with Gasteiger partial charge in [-0.05, 0) is 80.0 Å². The molecule has 7 rings (SSSR count). The molecule has 2 aromatic rings. The van der Waals surface area contributed by atoms with Crippen LogP contribution in [0.15, 0.2) is 42.6 Å². The Kier molecular flexibility index (Phi) is 10.3. The van der Waals surface area contributed by atoms with E-state index >= 15 is 0 Å². The third kappa shape index (κ3) is 8.10. The molecule has 1 saturated heterocycles. The summed E-state index contributed by atoms with van der Waals surface area (Å²) in [7, 11) is -3.09. The van der Waals surface area contributed by atoms with E-state index in [0.29, 0.717) is 24.0 Å². The molecule has 3 saturated carbocycles. The number of alkyl carbamates (subject to hydrolysis) is 1. The summed E-state index contributed by atoms with van der Waals surface area (Å²) < 4.78 is 59.6. The molecule has 0 radical (unpaired) electrons. The number of alkyl halides is 1. The van der Waals surface area contributed by atoms with E-state index in [9.17, 15) is 32.0 Å². The van der Waals surface area contributed by atoms with Gasteiger partial charge in [0, 0.05) is 42.2 Å². The number of carbonyl (C=O) groups excluding carboxylic acids is 4. The van der Waals surface area contributed by atoms with Crippen LogP contribution in [0.3, 0.4) is 0 Å². The van der Waals surface area contributed by atoms with Gasteiger partial charge in [-0.15, -0.1) is 0 Å². The lowest BCUT2D eigenvalue weighted by atomic mass is 9.88. The summed E-state index contributed by atoms with van der Waals surface area (Å²) in [5, 5.41) is 4.56. The molecule has 0 unspecified atom stereocenters. The van der Waals surface area contributed by atoms with Crippen LogP contribution < -0.4 is 24.8 Å². The first-order valence-corrected chi connectivity index (χ1v) is 20.6. The third-order valence-corrected chi connectivity index (χ3v) is 13.7. The number of nitrogens with one attached hydrogen (secondary N) is 3. The van der Waals surface area contributed by atoms with E-state index in [1.54, 1.807) is 37.6 Å². The van der Waals surface area contributed by atoms with Gasteiger partial charge in [0.2, 0.25) is 22.7 Å². The number of hydrogen-bond acceptors (Lipinski definition) is 10. The Bertz CT molecular complexity index is 2000. The number of allylic oxidation sites excluding steroid dienone is 1. The van der Waals surface area contributed by atoms with Gasteiger partial charge >= 0.3 is 6.09 Å². The largest absolute Gasteiger partial charge is 0.497 e. The van der Waals surface area contributed by atoms with Gasteiger partial charge in [-0.2, -0.15) is 0 Å². The van der Waals surface area contributed by atoms with Crippen molar-refractivity contribution in [1.82, 2.24) is 25.2 Å². The predicted octanol–water partition coefficient (Wildman–Crippen LogP) is 4.28. The number of hydrogen-bond donors (Lipinski definition) is 3. The number of halogens is 1. The van der Waals surface area contributed by atoms with Gasteiger partial charge in [-0.1, -0.05) is 32.9 Å². The zero-order valence-electron chi connectivity index (χ0n) is 31.6. The number of ether oxygens (including phenoxy) is 3. The standard InChI is InChI=1S/C39H50FN5O9S/c1-23-7-5-6-8-26-20-39(26,35(48)44-55(50,51)38(40)14-15-38)43-32(46)30-19-28(54-33-29-10-9-27(52-4)18-25(29)11-16-41-33)21-45(30)34(47)31(24(2)17-23)42-36(49)53-22-37(3)12-13-37/h6,8-11,16,18,23-24,26,28,30-31H,5,7,12-15,17,19-22H2,1-4H3,(H,42,49)(H,43,46)(H,44,48)/b8-6-/t23-,24-,26-,28-,30+,31+,39-/m1/s1. The van der Waals surface area contributed by atoms with E-state index in [4.69, 9.17) is 14.2 Å². The summed E-state index contributed by atoms with van der Waals surface area (Å²) >= 11 is 0. The van der Waals surface area contributed by atoms with Crippen LogP contribution in [0, 0.1) is 23.2 Å². The molecule has 3 heterocycles. The molecule has 14 nitrogen and oxygen atoms in total. The molecule has 2 aliphatic heterocycles. The molecule has 4 amide bonds. The number of carbonyl (C=O) groups is 4. The Balaban J connectivity index is 1.20. The highest BCUT2D eigenvalue weighted by Gasteiger charge is 2.64. The van der Waals surface area contributed by atoms with Crippen molar-refractivity contribution in [3.63, 3.8) is 0 Å². The van der Waals surface area contributed by atoms with Crippen molar-refractivity contribution in [1.29, 1.82) is 0 Å². The van der Waals surface area contributed by atoms with Crippen LogP contribution in [0.2, 0.25) is 0 Å². The average Bonchev–Trinajstić information content (AvgIpc) is 4.11. The summed E-state index contributed by atoms with van der Waals surface area (Å²) in [6.07, 6.45) is 7.24. The van der Waals surface area contributed by atoms with Gasteiger partial charge in [-0.25, -0.2) is 27.3 Å². The Morgan fingerprint density at radius 1 is 1.11 bits per heavy atom. The summed E-state index contributed by atoms with van der Waals surface area (Å²) in [5.41, 5.74) is -1.76. The lowest BCUT2D eigenvalue weighted by Gasteiger charge is -2.32. The molecule has 298 valence electrons. The van der Waals surface area contributed by atoms with Gasteiger partial charge in [0.05, 0.1) is 20.3 Å². The van der Waals surface area contributed by atoms with Gasteiger partial charge in [0.1, 0.15) is 29.5 Å². The maximum Gasteiger partial charge on any atom is 0.407 e. The minimum atomic E-state index is -4.66. The number of pyridine rings is 1. The predicted molar refractivity (Wildman–Crippen MR) is 199 cm³/mol. The third-order valence-electron chi connectivity index (χ3n) is 11.9. The Morgan fingerprint density at radius 2 is 1.87 bits per heavy atom. The Labute approximate surface area is 320 Å². The molecule has 16 heteroatoms. The van der Waals surface area contributed by atoms with E-state index in [2.05, 4.69) is 22.5 Å². The van der Waals surface area contributed by atoms with Crippen LogP contribution in [0.25, 0.3) is 10.8 Å². The lowest BCUT2D eigenvalue weighted by molar-refractivity contribution is -0.142. The van der Waals surface area contributed by atoms with Crippen LogP contribution in [-0.4, -0.2) is 91.1 Å². The van der Waals surface area contributed by atoms with Gasteiger partial charge in [0.15, 0.2) is 0 Å². The summed E-state index contributed by atoms with van der Waals surface area (Å²) in [6.45, 7) is 6.13. The second kappa shape index (κ2) is 14.6. The van der Waals surface area contributed by atoms with Crippen molar-refractivity contribution in [2.24, 2.45) is 23.2 Å². The minimum absolute atomic E-state index is 0.00377. The van der Waals surface area contributed by atoms with Crippen LogP contribution in [0.5, 0.6) is 11.6 Å². The van der Waals surface area contributed by atoms with Crippen LogP contribution in [-0.2, 0) is 29.1 Å². The summed E-state index contributed by atoms with van der Waals surface area (Å²) in [5.74, 6) is -2.13. The van der Waals surface area contributed by atoms with Crippen LogP contribution >= 0.6 is 0 Å². The molecular weight excluding hydrogens is 734 g/mol. The maximum absolute atomic E-state index is 14.8. The fourth-order valence-electron chi connectivity index (χ4n) is 7.76. The number of benzene rings is 1. The van der Waals surface area contributed by atoms with Crippen LogP contribution in [0.1, 0.15) is 78.6 Å². The van der Waals surface area contributed by atoms with Crippen molar-refractivity contribution in [3.05, 3.63) is 42.6 Å². The van der Waals surface area contributed by atoms with E-state index in [-0.39, 0.29) is 62.0 Å². The normalized spacial score (nSPS) is 31.7. The second-order valence-corrected chi connectivity index (χ2v) is 18.5. The molecule has 5 aliphatic rings. The number of sulfonamides is 1. The quantitative estimate of drug-likeness (QED) is 0.311. The molecule has 4 fully saturated rings. The minimum Gasteiger partial charge on any atom is -0.497 e. The molecule has 7 atom stereocenters. The monoisotopic (exact) mass is 783 g/mol. The highest BCUT2D eigenvalue weighted by molar-refractivity contribution is 7.91. The lowest BCUT2D eigenvalue weighted by Crippen LogP contribution is -2.59. The smallest absolute Gasteiger partial charge is 0.407 e. The maximum atomic E-state index is 14.8. The van der Waals surface area contributed by atoms with Crippen molar-refractivity contribution >= 4 is 44.6 Å². The number of fused-ring (bicyclic) bond motifs is 3. The van der Waals surface area contributed by atoms with E-state index in [0.717, 1.165) is 24.6 Å². The fraction of sp³-hybridized carbons (Fsp3) is 0.615. The zero-order valence-corrected chi connectivity index (χ0v) is 32.5. The first kappa shape index (κ1) is 38.8. The Morgan fingerprint density at radius 3 is 2.58 bits per heavy atom. The van der Waals surface area contributed by atoms with Crippen molar-refractivity contribution < 1.29 is 46.2 Å². The second-order valence-electron chi connectivity index (χ2n) is 16.6. The fourth-order valence-corrected chi connectivity index (χ4v) is 9.01. The number of rotatable bonds is 9. The zero-order chi connectivity index (χ0) is 39.3. The van der Waals surface area contributed by atoms with Crippen molar-refractivity contribution in [2.75, 3.05) is 20.3 Å². The first-order chi connectivity index (χ1) is 26.1. The average molecular weight is 784 g/mol. The van der Waals surface area contributed by atoms with Crippen molar-refractivity contribution in [3.8, 4) is 11.6 Å². The Hall–Kier alpha value is -4.47. The molecule has 3 N–H and O–H groups in total. The van der Waals surface area contributed by atoms with E-state index in [1.165, 1.54) is 4.90 Å². The topological polar surface area (TPSA) is 182 Å². The van der Waals surface area contributed by atoms with E-state index < -0.39 is 68.5 Å². The number of amides is 4. The molecule has 3 aliphatic carbocycles. The summed E-state index contributed by atoms with van der Waals surface area (Å²) in [6, 6.07) is 4.97. The van der Waals surface area contributed by atoms with Crippen molar-refractivity contribution in [2.45, 2.75) is 107 Å². The van der Waals surface area contributed by atoms with Gasteiger partial charge in [0.25, 0.3) is 15.9 Å². The molecule has 55 heavy (non-hydrogen) atoms. The number of methoxy groups -OCH3 is 1. The SMILES string of the molecule is COc1ccc2c(O[C@@H]3C[C@H]4C(=O)N[C@]5(C(=O)NS(=O)(=O)C6(F)CC6)C[C@H]5/C=C\CC[C@@H](C)C[C@@H](C)[C@H](NC(=O)OCC5(C)CC5)C(=O)N4C3)nccc2c1. The molecule has 0 bridgehead atoms. The highest BCUT2D eigenvalue weighted by Crippen LogP contribution is 2.48. The van der Waals surface area contributed by atoms with E-state index in [1.807, 2.05) is 30.7 Å². The van der Waals surface area contributed by atoms with Crippen LogP contribution in [0.4, 0.5) is 9.18 Å². The molecule has 0 spiro atoms. The summed E-state index contributed by atoms with van der Waals surface area (Å²) in [4.78, 5) is 61.9. The molecular formula is C39H50FN5O9S. The number of aromatic nitrogens is 1. The first-order valence-electron chi connectivity index (χ1n) is 19.1. The number of nitrogens with zero attached hydrogens (tertiary/aromatic N) is 2. The molecule has 1 aromatic carbocycles. The van der Waals surface area contributed by atoms with Gasteiger partial charge in [-0.3, -0.25) is 14.4 Å². The van der Waals surface area contributed by atoms with Gasteiger partial charge < -0.3 is 29.7 Å². The molecule has 1 aromatic heterocycles. The highest BCUT2D eigenvalue weighted by atomic mass is 32.2.